The van der Waals surface area contributed by atoms with Crippen molar-refractivity contribution >= 4 is 11.8 Å². The first kappa shape index (κ1) is 15.8. The highest BCUT2D eigenvalue weighted by molar-refractivity contribution is 5.88. The number of morpholine rings is 1. The Morgan fingerprint density at radius 1 is 1.48 bits per heavy atom. The van der Waals surface area contributed by atoms with Gasteiger partial charge in [0, 0.05) is 31.7 Å². The molecule has 0 saturated carbocycles. The van der Waals surface area contributed by atoms with E-state index in [-0.39, 0.29) is 24.3 Å². The molecular formula is C14H24N4O3. The minimum Gasteiger partial charge on any atom is -0.373 e. The van der Waals surface area contributed by atoms with Crippen molar-refractivity contribution in [2.45, 2.75) is 45.9 Å². The average Bonchev–Trinajstić information content (AvgIpc) is 2.80. The van der Waals surface area contributed by atoms with E-state index in [1.807, 2.05) is 0 Å². The second-order valence-corrected chi connectivity index (χ2v) is 5.72. The number of anilines is 1. The fourth-order valence-corrected chi connectivity index (χ4v) is 2.53. The van der Waals surface area contributed by atoms with E-state index in [4.69, 9.17) is 9.26 Å². The Morgan fingerprint density at radius 2 is 2.14 bits per heavy atom. The fraction of sp³-hybridized carbons (Fsp3) is 0.714. The van der Waals surface area contributed by atoms with Gasteiger partial charge in [0.1, 0.15) is 5.76 Å². The van der Waals surface area contributed by atoms with Gasteiger partial charge in [-0.15, -0.1) is 0 Å². The summed E-state index contributed by atoms with van der Waals surface area (Å²) in [5, 5.41) is 9.21. The van der Waals surface area contributed by atoms with Crippen LogP contribution in [0.25, 0.3) is 0 Å². The molecule has 0 aliphatic carbocycles. The fourth-order valence-electron chi connectivity index (χ4n) is 2.53. The molecule has 0 aromatic carbocycles. The van der Waals surface area contributed by atoms with Crippen LogP contribution >= 0.6 is 0 Å². The van der Waals surface area contributed by atoms with Gasteiger partial charge >= 0.3 is 6.03 Å². The topological polar surface area (TPSA) is 79.6 Å². The quantitative estimate of drug-likeness (QED) is 0.882. The number of hydrogen-bond acceptors (Lipinski definition) is 5. The third-order valence-corrected chi connectivity index (χ3v) is 3.50. The molecule has 118 valence electrons. The number of aromatic nitrogens is 1. The van der Waals surface area contributed by atoms with Gasteiger partial charge < -0.3 is 14.6 Å². The Kier molecular flexibility index (Phi) is 5.19. The summed E-state index contributed by atoms with van der Waals surface area (Å²) in [5.41, 5.74) is 0. The first-order chi connectivity index (χ1) is 9.94. The third-order valence-electron chi connectivity index (χ3n) is 3.50. The normalized spacial score (nSPS) is 24.6. The van der Waals surface area contributed by atoms with Crippen molar-refractivity contribution in [3.63, 3.8) is 0 Å². The molecule has 2 N–H and O–H groups in total. The summed E-state index contributed by atoms with van der Waals surface area (Å²) < 4.78 is 10.6. The Morgan fingerprint density at radius 3 is 2.71 bits per heavy atom. The predicted octanol–water partition coefficient (Wildman–Crippen LogP) is 1.60. The maximum atomic E-state index is 11.8. The lowest BCUT2D eigenvalue weighted by atomic mass is 10.2. The molecule has 0 spiro atoms. The van der Waals surface area contributed by atoms with Gasteiger partial charge in [-0.3, -0.25) is 10.2 Å². The van der Waals surface area contributed by atoms with Gasteiger partial charge in [-0.2, -0.15) is 0 Å². The highest BCUT2D eigenvalue weighted by Gasteiger charge is 2.25. The van der Waals surface area contributed by atoms with Crippen molar-refractivity contribution in [1.82, 2.24) is 15.4 Å². The van der Waals surface area contributed by atoms with Crippen LogP contribution in [0.4, 0.5) is 10.6 Å². The van der Waals surface area contributed by atoms with Gasteiger partial charge in [-0.25, -0.2) is 4.79 Å². The molecule has 0 bridgehead atoms. The van der Waals surface area contributed by atoms with Crippen LogP contribution in [0.1, 0.15) is 26.5 Å². The molecule has 1 aromatic rings. The standard InChI is InChI=1S/C14H24N4O3/c1-9(18-7-11(3)20-12(4)8-18)6-15-14(19)16-13-5-10(2)21-17-13/h5,9,11-12H,6-8H2,1-4H3,(H2,15,16,17,19)/t9-,11+,12+/m0/s1. The van der Waals surface area contributed by atoms with Crippen LogP contribution in [-0.4, -0.2) is 54.0 Å². The van der Waals surface area contributed by atoms with E-state index < -0.39 is 0 Å². The van der Waals surface area contributed by atoms with Gasteiger partial charge in [0.05, 0.1) is 12.2 Å². The Hall–Kier alpha value is -1.60. The first-order valence-electron chi connectivity index (χ1n) is 7.31. The summed E-state index contributed by atoms with van der Waals surface area (Å²) in [7, 11) is 0. The van der Waals surface area contributed by atoms with E-state index in [9.17, 15) is 4.79 Å². The minimum absolute atomic E-state index is 0.225. The van der Waals surface area contributed by atoms with Crippen LogP contribution < -0.4 is 10.6 Å². The number of aryl methyl sites for hydroxylation is 1. The predicted molar refractivity (Wildman–Crippen MR) is 79.3 cm³/mol. The second kappa shape index (κ2) is 6.91. The first-order valence-corrected chi connectivity index (χ1v) is 7.31. The molecule has 1 aliphatic heterocycles. The van der Waals surface area contributed by atoms with E-state index in [0.717, 1.165) is 13.1 Å². The molecule has 0 radical (unpaired) electrons. The van der Waals surface area contributed by atoms with E-state index in [1.165, 1.54) is 0 Å². The van der Waals surface area contributed by atoms with Crippen molar-refractivity contribution < 1.29 is 14.1 Å². The number of hydrogen-bond donors (Lipinski definition) is 2. The minimum atomic E-state index is -0.274. The molecule has 21 heavy (non-hydrogen) atoms. The van der Waals surface area contributed by atoms with Crippen LogP contribution in [0.5, 0.6) is 0 Å². The molecule has 2 heterocycles. The average molecular weight is 296 g/mol. The largest absolute Gasteiger partial charge is 0.373 e. The molecular weight excluding hydrogens is 272 g/mol. The molecule has 7 nitrogen and oxygen atoms in total. The van der Waals surface area contributed by atoms with Crippen molar-refractivity contribution in [1.29, 1.82) is 0 Å². The Balaban J connectivity index is 1.75. The molecule has 0 unspecified atom stereocenters. The highest BCUT2D eigenvalue weighted by Crippen LogP contribution is 2.13. The summed E-state index contributed by atoms with van der Waals surface area (Å²) in [5.74, 6) is 1.08. The van der Waals surface area contributed by atoms with Gasteiger partial charge in [-0.1, -0.05) is 5.16 Å². The lowest BCUT2D eigenvalue weighted by Crippen LogP contribution is -2.52. The van der Waals surface area contributed by atoms with Crippen LogP contribution in [0.15, 0.2) is 10.6 Å². The number of amides is 2. The van der Waals surface area contributed by atoms with E-state index in [2.05, 4.69) is 41.5 Å². The maximum Gasteiger partial charge on any atom is 0.320 e. The highest BCUT2D eigenvalue weighted by atomic mass is 16.5. The second-order valence-electron chi connectivity index (χ2n) is 5.72. The molecule has 3 atom stereocenters. The van der Waals surface area contributed by atoms with E-state index in [1.54, 1.807) is 13.0 Å². The number of carbonyl (C=O) groups is 1. The number of nitrogens with one attached hydrogen (secondary N) is 2. The summed E-state index contributed by atoms with van der Waals surface area (Å²) >= 11 is 0. The van der Waals surface area contributed by atoms with Crippen LogP contribution in [0.3, 0.4) is 0 Å². The van der Waals surface area contributed by atoms with E-state index in [0.29, 0.717) is 18.1 Å². The van der Waals surface area contributed by atoms with Crippen LogP contribution in [-0.2, 0) is 4.74 Å². The number of nitrogens with zero attached hydrogens (tertiary/aromatic N) is 2. The molecule has 1 fully saturated rings. The molecule has 2 amide bonds. The SMILES string of the molecule is Cc1cc(NC(=O)NC[C@H](C)N2C[C@@H](C)O[C@H](C)C2)no1. The van der Waals surface area contributed by atoms with Crippen molar-refractivity contribution in [2.75, 3.05) is 25.0 Å². The number of ether oxygens (including phenoxy) is 1. The molecule has 1 saturated heterocycles. The zero-order chi connectivity index (χ0) is 15.4. The van der Waals surface area contributed by atoms with Crippen LogP contribution in [0.2, 0.25) is 0 Å². The molecule has 2 rings (SSSR count). The lowest BCUT2D eigenvalue weighted by Gasteiger charge is -2.38. The van der Waals surface area contributed by atoms with Gasteiger partial charge in [-0.05, 0) is 27.7 Å². The monoisotopic (exact) mass is 296 g/mol. The third kappa shape index (κ3) is 4.71. The molecule has 7 heteroatoms. The van der Waals surface area contributed by atoms with Crippen LogP contribution in [0, 0.1) is 6.92 Å². The zero-order valence-corrected chi connectivity index (χ0v) is 13.0. The maximum absolute atomic E-state index is 11.8. The van der Waals surface area contributed by atoms with E-state index >= 15 is 0 Å². The summed E-state index contributed by atoms with van der Waals surface area (Å²) in [6.45, 7) is 10.4. The Labute approximate surface area is 125 Å². The van der Waals surface area contributed by atoms with Crippen molar-refractivity contribution in [3.8, 4) is 0 Å². The van der Waals surface area contributed by atoms with Crippen molar-refractivity contribution in [2.24, 2.45) is 0 Å². The van der Waals surface area contributed by atoms with Crippen molar-refractivity contribution in [3.05, 3.63) is 11.8 Å². The summed E-state index contributed by atoms with van der Waals surface area (Å²) in [6, 6.07) is 1.65. The van der Waals surface area contributed by atoms with Gasteiger partial charge in [0.15, 0.2) is 5.82 Å². The number of rotatable bonds is 4. The zero-order valence-electron chi connectivity index (χ0n) is 13.0. The van der Waals surface area contributed by atoms with Gasteiger partial charge in [0.25, 0.3) is 0 Å². The molecule has 1 aromatic heterocycles. The smallest absolute Gasteiger partial charge is 0.320 e. The number of urea groups is 1. The lowest BCUT2D eigenvalue weighted by molar-refractivity contribution is -0.0777. The van der Waals surface area contributed by atoms with Gasteiger partial charge in [0.2, 0.25) is 0 Å². The Bertz CT molecular complexity index is 467. The molecule has 1 aliphatic rings. The number of carbonyl (C=O) groups excluding carboxylic acids is 1. The summed E-state index contributed by atoms with van der Waals surface area (Å²) in [4.78, 5) is 14.1. The summed E-state index contributed by atoms with van der Waals surface area (Å²) in [6.07, 6.45) is 0.450.